The molecule has 2 saturated carbocycles. The first-order valence-electron chi connectivity index (χ1n) is 20.6. The Balaban J connectivity index is 0.000000217. The Morgan fingerprint density at radius 3 is 1.62 bits per heavy atom. The van der Waals surface area contributed by atoms with Crippen LogP contribution in [-0.4, -0.2) is 135 Å². The summed E-state index contributed by atoms with van der Waals surface area (Å²) in [6.45, 7) is 9.41. The molecule has 4 aliphatic rings. The van der Waals surface area contributed by atoms with E-state index in [0.717, 1.165) is 137 Å². The third-order valence-electron chi connectivity index (χ3n) is 12.4. The first-order chi connectivity index (χ1) is 28.0. The summed E-state index contributed by atoms with van der Waals surface area (Å²) in [4.78, 5) is 37.2. The fraction of sp³-hybridized carbons (Fsp3) is 0.523. The molecule has 4 aromatic heterocycles. The molecule has 0 amide bonds. The van der Waals surface area contributed by atoms with Crippen LogP contribution in [0.3, 0.4) is 0 Å². The second kappa shape index (κ2) is 21.5. The molecule has 0 spiro atoms. The first kappa shape index (κ1) is 46.7. The number of hydrogen-bond acceptors (Lipinski definition) is 14. The Morgan fingerprint density at radius 2 is 1.17 bits per heavy atom. The molecule has 6 aromatic rings. The number of aliphatic hydroxyl groups excluding tert-OH is 1. The summed E-state index contributed by atoms with van der Waals surface area (Å²) in [5.74, 6) is 1.91. The number of fused-ring (bicyclic) bond motifs is 6. The number of carbonyl (C=O) groups is 1. The summed E-state index contributed by atoms with van der Waals surface area (Å²) in [6, 6.07) is 14.3. The van der Waals surface area contributed by atoms with Crippen LogP contribution in [0.2, 0.25) is 0 Å². The zero-order valence-corrected chi connectivity index (χ0v) is 35.3. The molecule has 0 bridgehead atoms. The minimum Gasteiger partial charge on any atom is -1.00 e. The van der Waals surface area contributed by atoms with Crippen LogP contribution in [0, 0.1) is 0 Å². The zero-order chi connectivity index (χ0) is 38.7. The van der Waals surface area contributed by atoms with Crippen molar-refractivity contribution in [2.24, 2.45) is 0 Å². The minimum absolute atomic E-state index is 0. The van der Waals surface area contributed by atoms with E-state index >= 15 is 0 Å². The molecule has 10 rings (SSSR count). The van der Waals surface area contributed by atoms with E-state index in [4.69, 9.17) is 9.47 Å². The van der Waals surface area contributed by atoms with Gasteiger partial charge in [-0.25, -0.2) is 19.9 Å². The number of thiophene rings is 2. The van der Waals surface area contributed by atoms with Crippen LogP contribution in [0.1, 0.15) is 83.1 Å². The van der Waals surface area contributed by atoms with Gasteiger partial charge in [0, 0.05) is 76.1 Å². The van der Waals surface area contributed by atoms with Crippen molar-refractivity contribution in [3.05, 3.63) is 60.2 Å². The van der Waals surface area contributed by atoms with E-state index in [-0.39, 0.29) is 57.5 Å². The van der Waals surface area contributed by atoms with E-state index in [1.807, 2.05) is 24.3 Å². The van der Waals surface area contributed by atoms with E-state index in [1.54, 1.807) is 42.3 Å². The van der Waals surface area contributed by atoms with Gasteiger partial charge in [0.2, 0.25) is 0 Å². The Labute approximate surface area is 385 Å². The predicted molar refractivity (Wildman–Crippen MR) is 248 cm³/mol. The van der Waals surface area contributed by atoms with Crippen molar-refractivity contribution in [3.63, 3.8) is 0 Å². The van der Waals surface area contributed by atoms with Gasteiger partial charge in [-0.1, -0.05) is 13.5 Å². The summed E-state index contributed by atoms with van der Waals surface area (Å²) in [6.07, 6.45) is 12.8. The molecule has 0 radical (unpaired) electrons. The van der Waals surface area contributed by atoms with E-state index in [0.29, 0.717) is 24.2 Å². The monoisotopic (exact) mass is 862 g/mol. The third-order valence-corrected chi connectivity index (χ3v) is 14.5. The van der Waals surface area contributed by atoms with Crippen LogP contribution in [0.15, 0.2) is 49.1 Å². The van der Waals surface area contributed by atoms with Gasteiger partial charge >= 0.3 is 18.9 Å². The number of aromatic nitrogens is 4. The van der Waals surface area contributed by atoms with Gasteiger partial charge in [-0.05, 0) is 94.2 Å². The molecular formula is C44H60AlLiN8O4S2. The molecule has 2 aliphatic heterocycles. The maximum atomic E-state index is 11.9. The number of carbonyl (C=O) groups excluding carboxylic acids is 1. The van der Waals surface area contributed by atoms with Gasteiger partial charge < -0.3 is 26.6 Å². The Bertz CT molecular complexity index is 2350. The first-order valence-corrected chi connectivity index (χ1v) is 22.3. The molecule has 4 fully saturated rings. The van der Waals surface area contributed by atoms with Gasteiger partial charge in [0.25, 0.3) is 0 Å². The molecule has 60 heavy (non-hydrogen) atoms. The number of morpholine rings is 2. The van der Waals surface area contributed by atoms with Crippen molar-refractivity contribution in [3.8, 4) is 0 Å². The van der Waals surface area contributed by atoms with Gasteiger partial charge in [-0.3, -0.25) is 14.6 Å². The zero-order valence-electron chi connectivity index (χ0n) is 34.6. The smallest absolute Gasteiger partial charge is 1.00 e. The number of ether oxygens (including phenoxy) is 2. The van der Waals surface area contributed by atoms with Crippen LogP contribution >= 0.6 is 22.7 Å². The molecular weight excluding hydrogens is 803 g/mol. The quantitative estimate of drug-likeness (QED) is 0.150. The van der Waals surface area contributed by atoms with Gasteiger partial charge in [0.1, 0.15) is 34.0 Å². The van der Waals surface area contributed by atoms with Crippen molar-refractivity contribution in [1.82, 2.24) is 29.7 Å². The number of Topliss-reactive ketones (excluding diaryl/α,β-unsaturated/α-hetero) is 1. The molecule has 12 nitrogen and oxygen atoms in total. The van der Waals surface area contributed by atoms with Crippen molar-refractivity contribution in [2.75, 3.05) is 63.2 Å². The SMILES string of the molecule is C.CC(=O)c1ccc2sc3ncnc(NC4CCC(N5CCOCC5)CC4)c3c2c1.OCc1ccc2sc3ncnc(NC4CCC(N5CCOCC5)CC4)c3c2c1.[AlH3].[H-].[Li+]. The second-order valence-corrected chi connectivity index (χ2v) is 17.9. The fourth-order valence-corrected chi connectivity index (χ4v) is 11.3. The average molecular weight is 863 g/mol. The van der Waals surface area contributed by atoms with Crippen LogP contribution < -0.4 is 29.5 Å². The maximum Gasteiger partial charge on any atom is 1.00 e. The normalized spacial score (nSPS) is 22.6. The number of nitrogens with one attached hydrogen (secondary N) is 2. The summed E-state index contributed by atoms with van der Waals surface area (Å²) in [5.41, 5.74) is 1.66. The fourth-order valence-electron chi connectivity index (χ4n) is 9.24. The number of benzene rings is 2. The minimum atomic E-state index is 0. The standard InChI is InChI=1S/C22H26N4O2S.C21H26N4O2S.CH4.Al.Li.4H/c1-14(27)15-2-7-19-18(12-15)20-21(23-13-24-22(20)29-19)25-16-3-5-17(6-4-16)26-8-10-28-11-9-26;26-12-14-1-6-18-17(11-14)19-20(22-13-23-21(19)28-18)24-15-2-4-16(5-3-15)25-7-9-27-10-8-25;;;;;;;/h2,7,12-13,16-17H,3-6,8-11H2,1H3,(H,23,24,25);1,6,11,13,15-16,26H,2-5,7-10,12H2,(H,22,23,24);1H4;;;;;;/q;;;;+1;;;;-1. The Kier molecular flexibility index (Phi) is 16.8. The molecule has 0 atom stereocenters. The van der Waals surface area contributed by atoms with Crippen molar-refractivity contribution >= 4 is 98.1 Å². The van der Waals surface area contributed by atoms with Crippen LogP contribution in [0.25, 0.3) is 40.6 Å². The summed E-state index contributed by atoms with van der Waals surface area (Å²) in [5, 5.41) is 21.3. The molecule has 3 N–H and O–H groups in total. The number of aliphatic hydroxyl groups is 1. The molecule has 2 aliphatic carbocycles. The number of nitrogens with zero attached hydrogens (tertiary/aromatic N) is 6. The number of hydrogen-bond donors (Lipinski definition) is 3. The molecule has 316 valence electrons. The largest absolute Gasteiger partial charge is 1.00 e. The van der Waals surface area contributed by atoms with E-state index < -0.39 is 0 Å². The predicted octanol–water partition coefficient (Wildman–Crippen LogP) is 4.06. The number of anilines is 2. The maximum absolute atomic E-state index is 11.9. The van der Waals surface area contributed by atoms with Crippen LogP contribution in [-0.2, 0) is 16.1 Å². The van der Waals surface area contributed by atoms with E-state index in [2.05, 4.69) is 52.5 Å². The van der Waals surface area contributed by atoms with Gasteiger partial charge in [-0.2, -0.15) is 0 Å². The molecule has 2 saturated heterocycles. The topological polar surface area (TPSA) is 138 Å². The van der Waals surface area contributed by atoms with Crippen LogP contribution in [0.4, 0.5) is 11.6 Å². The van der Waals surface area contributed by atoms with Crippen molar-refractivity contribution < 1.29 is 39.7 Å². The van der Waals surface area contributed by atoms with Gasteiger partial charge in [-0.15, -0.1) is 22.7 Å². The van der Waals surface area contributed by atoms with Crippen LogP contribution in [0.5, 0.6) is 0 Å². The molecule has 0 unspecified atom stereocenters. The van der Waals surface area contributed by atoms with Crippen molar-refractivity contribution in [1.29, 1.82) is 0 Å². The second-order valence-electron chi connectivity index (χ2n) is 15.9. The summed E-state index contributed by atoms with van der Waals surface area (Å²) in [7, 11) is 0. The number of ketones is 1. The summed E-state index contributed by atoms with van der Waals surface area (Å²) >= 11 is 3.34. The molecule has 16 heteroatoms. The molecule has 2 aromatic carbocycles. The number of rotatable bonds is 8. The summed E-state index contributed by atoms with van der Waals surface area (Å²) < 4.78 is 13.3. The van der Waals surface area contributed by atoms with Crippen molar-refractivity contribution in [2.45, 2.75) is 96.5 Å². The average Bonchev–Trinajstić information content (AvgIpc) is 3.84. The van der Waals surface area contributed by atoms with Gasteiger partial charge in [0.05, 0.1) is 43.8 Å². The third kappa shape index (κ3) is 10.4. The van der Waals surface area contributed by atoms with Gasteiger partial charge in [0.15, 0.2) is 23.1 Å². The Hall–Kier alpha value is -2.76. The Morgan fingerprint density at radius 1 is 0.717 bits per heavy atom. The van der Waals surface area contributed by atoms with E-state index in [9.17, 15) is 9.90 Å². The molecule has 6 heterocycles. The van der Waals surface area contributed by atoms with E-state index in [1.165, 1.54) is 30.4 Å².